The van der Waals surface area contributed by atoms with Gasteiger partial charge < -0.3 is 4.79 Å². The van der Waals surface area contributed by atoms with Gasteiger partial charge in [-0.25, -0.2) is 0 Å². The van der Waals surface area contributed by atoms with Crippen LogP contribution in [0.3, 0.4) is 0 Å². The maximum absolute atomic E-state index is 10.7. The van der Waals surface area contributed by atoms with E-state index < -0.39 is 0 Å². The summed E-state index contributed by atoms with van der Waals surface area (Å²) in [5, 5.41) is 0. The number of carbonyl (C=O) groups excluding carboxylic acids is 2. The average molecular weight is 180 g/mol. The fourth-order valence-electron chi connectivity index (χ4n) is 2.20. The maximum Gasteiger partial charge on any atom is 0.142 e. The molecule has 0 radical (unpaired) electrons. The zero-order valence-corrected chi connectivity index (χ0v) is 8.25. The minimum atomic E-state index is 0.106. The SMILES string of the molecule is CC1(C)C/C(=C/C=O)CC(C=O)C1. The normalized spacial score (nSPS) is 30.0. The van der Waals surface area contributed by atoms with Crippen molar-refractivity contribution in [2.24, 2.45) is 11.3 Å². The van der Waals surface area contributed by atoms with E-state index in [1.165, 1.54) is 0 Å². The van der Waals surface area contributed by atoms with E-state index >= 15 is 0 Å². The Morgan fingerprint density at radius 1 is 1.38 bits per heavy atom. The first-order valence-electron chi connectivity index (χ1n) is 4.66. The van der Waals surface area contributed by atoms with Crippen LogP contribution in [0, 0.1) is 11.3 Å². The van der Waals surface area contributed by atoms with Crippen LogP contribution in [-0.4, -0.2) is 12.6 Å². The zero-order valence-electron chi connectivity index (χ0n) is 8.25. The van der Waals surface area contributed by atoms with Gasteiger partial charge in [0, 0.05) is 5.92 Å². The van der Waals surface area contributed by atoms with Crippen molar-refractivity contribution in [3.05, 3.63) is 11.6 Å². The summed E-state index contributed by atoms with van der Waals surface area (Å²) in [5.41, 5.74) is 1.28. The van der Waals surface area contributed by atoms with Gasteiger partial charge in [0.2, 0.25) is 0 Å². The molecule has 72 valence electrons. The van der Waals surface area contributed by atoms with E-state index in [-0.39, 0.29) is 11.3 Å². The van der Waals surface area contributed by atoms with Crippen LogP contribution in [-0.2, 0) is 9.59 Å². The quantitative estimate of drug-likeness (QED) is 0.482. The molecule has 1 unspecified atom stereocenters. The predicted octanol–water partition coefficient (Wildman–Crippen LogP) is 2.14. The highest BCUT2D eigenvalue weighted by atomic mass is 16.1. The monoisotopic (exact) mass is 180 g/mol. The molecule has 1 saturated carbocycles. The molecular formula is C11H16O2. The van der Waals surface area contributed by atoms with Gasteiger partial charge in [-0.15, -0.1) is 0 Å². The number of allylic oxidation sites excluding steroid dienone is 2. The second-order valence-corrected chi connectivity index (χ2v) is 4.61. The Bertz CT molecular complexity index is 238. The molecule has 0 aliphatic heterocycles. The number of rotatable bonds is 2. The van der Waals surface area contributed by atoms with E-state index in [1.807, 2.05) is 0 Å². The lowest BCUT2D eigenvalue weighted by Gasteiger charge is -2.34. The largest absolute Gasteiger partial charge is 0.303 e. The van der Waals surface area contributed by atoms with Crippen molar-refractivity contribution in [1.82, 2.24) is 0 Å². The smallest absolute Gasteiger partial charge is 0.142 e. The van der Waals surface area contributed by atoms with Gasteiger partial charge in [0.15, 0.2) is 0 Å². The molecule has 1 fully saturated rings. The van der Waals surface area contributed by atoms with Crippen molar-refractivity contribution in [3.8, 4) is 0 Å². The Morgan fingerprint density at radius 3 is 2.62 bits per heavy atom. The Morgan fingerprint density at radius 2 is 2.08 bits per heavy atom. The molecule has 0 bridgehead atoms. The molecule has 0 aromatic carbocycles. The van der Waals surface area contributed by atoms with Crippen molar-refractivity contribution in [2.45, 2.75) is 33.1 Å². The molecule has 0 aromatic rings. The highest BCUT2D eigenvalue weighted by Gasteiger charge is 2.30. The number of carbonyl (C=O) groups is 2. The van der Waals surface area contributed by atoms with Crippen molar-refractivity contribution in [3.63, 3.8) is 0 Å². The van der Waals surface area contributed by atoms with Crippen LogP contribution in [0.15, 0.2) is 11.6 Å². The number of hydrogen-bond donors (Lipinski definition) is 0. The first kappa shape index (κ1) is 10.2. The summed E-state index contributed by atoms with van der Waals surface area (Å²) in [6, 6.07) is 0. The minimum absolute atomic E-state index is 0.106. The molecule has 13 heavy (non-hydrogen) atoms. The molecule has 1 aliphatic rings. The Labute approximate surface area is 79.0 Å². The van der Waals surface area contributed by atoms with E-state index in [0.717, 1.165) is 37.4 Å². The highest BCUT2D eigenvalue weighted by Crippen LogP contribution is 2.40. The second-order valence-electron chi connectivity index (χ2n) is 4.61. The third kappa shape index (κ3) is 2.79. The van der Waals surface area contributed by atoms with E-state index in [9.17, 15) is 9.59 Å². The molecule has 1 aliphatic carbocycles. The van der Waals surface area contributed by atoms with Gasteiger partial charge in [-0.05, 0) is 30.8 Å². The number of hydrogen-bond acceptors (Lipinski definition) is 2. The standard InChI is InChI=1S/C11H16O2/c1-11(2)6-9(3-4-12)5-10(7-11)8-13/h3-4,8,10H,5-7H2,1-2H3/b9-3+. The van der Waals surface area contributed by atoms with Crippen LogP contribution in [0.2, 0.25) is 0 Å². The van der Waals surface area contributed by atoms with E-state index in [1.54, 1.807) is 6.08 Å². The van der Waals surface area contributed by atoms with Gasteiger partial charge >= 0.3 is 0 Å². The van der Waals surface area contributed by atoms with Crippen LogP contribution in [0.1, 0.15) is 33.1 Å². The summed E-state index contributed by atoms with van der Waals surface area (Å²) in [6.45, 7) is 4.28. The van der Waals surface area contributed by atoms with E-state index in [2.05, 4.69) is 13.8 Å². The van der Waals surface area contributed by atoms with Crippen LogP contribution >= 0.6 is 0 Å². The fourth-order valence-corrected chi connectivity index (χ4v) is 2.20. The molecule has 1 rings (SSSR count). The Kier molecular flexibility index (Phi) is 3.02. The second kappa shape index (κ2) is 3.86. The van der Waals surface area contributed by atoms with Gasteiger partial charge in [-0.2, -0.15) is 0 Å². The van der Waals surface area contributed by atoms with Crippen LogP contribution in [0.25, 0.3) is 0 Å². The van der Waals surface area contributed by atoms with Crippen molar-refractivity contribution >= 4 is 12.6 Å². The third-order valence-corrected chi connectivity index (χ3v) is 2.54. The summed E-state index contributed by atoms with van der Waals surface area (Å²) >= 11 is 0. The average Bonchev–Trinajstić information content (AvgIpc) is 2.02. The lowest BCUT2D eigenvalue weighted by molar-refractivity contribution is -0.112. The summed E-state index contributed by atoms with van der Waals surface area (Å²) in [7, 11) is 0. The molecule has 0 spiro atoms. The van der Waals surface area contributed by atoms with E-state index in [4.69, 9.17) is 0 Å². The lowest BCUT2D eigenvalue weighted by atomic mass is 9.70. The summed E-state index contributed by atoms with van der Waals surface area (Å²) < 4.78 is 0. The molecule has 2 nitrogen and oxygen atoms in total. The van der Waals surface area contributed by atoms with Gasteiger partial charge in [-0.3, -0.25) is 4.79 Å². The molecule has 0 aromatic heterocycles. The molecule has 2 heteroatoms. The van der Waals surface area contributed by atoms with Crippen molar-refractivity contribution in [2.75, 3.05) is 0 Å². The van der Waals surface area contributed by atoms with Gasteiger partial charge in [0.05, 0.1) is 0 Å². The molecule has 0 amide bonds. The number of aldehydes is 2. The zero-order chi connectivity index (χ0) is 9.90. The van der Waals surface area contributed by atoms with Gasteiger partial charge in [-0.1, -0.05) is 19.4 Å². The predicted molar refractivity (Wildman–Crippen MR) is 51.3 cm³/mol. The summed E-state index contributed by atoms with van der Waals surface area (Å²) in [6.07, 6.45) is 6.09. The van der Waals surface area contributed by atoms with Crippen molar-refractivity contribution < 1.29 is 9.59 Å². The Hall–Kier alpha value is -0.920. The molecule has 1 atom stereocenters. The topological polar surface area (TPSA) is 34.1 Å². The maximum atomic E-state index is 10.7. The summed E-state index contributed by atoms with van der Waals surface area (Å²) in [5.74, 6) is 0.106. The van der Waals surface area contributed by atoms with Crippen LogP contribution in [0.4, 0.5) is 0 Å². The van der Waals surface area contributed by atoms with Crippen molar-refractivity contribution in [1.29, 1.82) is 0 Å². The molecular weight excluding hydrogens is 164 g/mol. The fraction of sp³-hybridized carbons (Fsp3) is 0.636. The Balaban J connectivity index is 2.76. The van der Waals surface area contributed by atoms with E-state index in [0.29, 0.717) is 0 Å². The van der Waals surface area contributed by atoms with Gasteiger partial charge in [0.25, 0.3) is 0 Å². The highest BCUT2D eigenvalue weighted by molar-refractivity contribution is 5.67. The van der Waals surface area contributed by atoms with Crippen LogP contribution in [0.5, 0.6) is 0 Å². The minimum Gasteiger partial charge on any atom is -0.303 e. The lowest BCUT2D eigenvalue weighted by Crippen LogP contribution is -2.25. The summed E-state index contributed by atoms with van der Waals surface area (Å²) in [4.78, 5) is 21.0. The molecule has 0 heterocycles. The molecule has 0 saturated heterocycles. The van der Waals surface area contributed by atoms with Crippen LogP contribution < -0.4 is 0 Å². The third-order valence-electron chi connectivity index (χ3n) is 2.54. The first-order chi connectivity index (χ1) is 6.07. The first-order valence-corrected chi connectivity index (χ1v) is 4.66. The van der Waals surface area contributed by atoms with Gasteiger partial charge in [0.1, 0.15) is 12.6 Å². The molecule has 0 N–H and O–H groups in total.